The Morgan fingerprint density at radius 1 is 1.42 bits per heavy atom. The van der Waals surface area contributed by atoms with Gasteiger partial charge in [-0.2, -0.15) is 0 Å². The van der Waals surface area contributed by atoms with Gasteiger partial charge in [-0.3, -0.25) is 0 Å². The first-order valence-electron chi connectivity index (χ1n) is 6.87. The molecule has 1 saturated carbocycles. The maximum absolute atomic E-state index is 6.29. The Balaban J connectivity index is 2.11. The number of rotatable bonds is 4. The summed E-state index contributed by atoms with van der Waals surface area (Å²) >= 11 is 12.5. The van der Waals surface area contributed by atoms with Gasteiger partial charge in [-0.05, 0) is 43.9 Å². The Hall–Kier alpha value is -0.730. The van der Waals surface area contributed by atoms with E-state index >= 15 is 0 Å². The average molecular weight is 297 g/mol. The molecular weight excluding hydrogens is 279 g/mol. The molecule has 1 aliphatic carbocycles. The Bertz CT molecular complexity index is 612. The third-order valence-electron chi connectivity index (χ3n) is 3.94. The molecule has 0 spiro atoms. The summed E-state index contributed by atoms with van der Waals surface area (Å²) in [5.41, 5.74) is 3.25. The predicted molar refractivity (Wildman–Crippen MR) is 81.1 cm³/mol. The molecule has 1 heterocycles. The number of imidazole rings is 1. The van der Waals surface area contributed by atoms with Crippen molar-refractivity contribution >= 4 is 34.2 Å². The first kappa shape index (κ1) is 13.3. The number of alkyl halides is 1. The maximum Gasteiger partial charge on any atom is 0.127 e. The lowest BCUT2D eigenvalue weighted by molar-refractivity contribution is 0.585. The van der Waals surface area contributed by atoms with Crippen LogP contribution in [0.2, 0.25) is 5.02 Å². The summed E-state index contributed by atoms with van der Waals surface area (Å²) in [5, 5.41) is 0.721. The van der Waals surface area contributed by atoms with Gasteiger partial charge in [0.15, 0.2) is 0 Å². The molecule has 19 heavy (non-hydrogen) atoms. The fourth-order valence-corrected chi connectivity index (χ4v) is 2.96. The molecule has 1 aromatic carbocycles. The van der Waals surface area contributed by atoms with Crippen LogP contribution in [0.25, 0.3) is 11.0 Å². The molecule has 2 aromatic rings. The van der Waals surface area contributed by atoms with Crippen LogP contribution in [0.5, 0.6) is 0 Å². The van der Waals surface area contributed by atoms with Gasteiger partial charge in [-0.15, -0.1) is 11.6 Å². The van der Waals surface area contributed by atoms with Crippen molar-refractivity contribution in [2.45, 2.75) is 45.0 Å². The zero-order valence-electron chi connectivity index (χ0n) is 11.3. The van der Waals surface area contributed by atoms with E-state index in [-0.39, 0.29) is 5.38 Å². The number of aromatic nitrogens is 2. The minimum atomic E-state index is -0.0789. The van der Waals surface area contributed by atoms with Crippen LogP contribution in [-0.2, 0) is 6.54 Å². The highest BCUT2D eigenvalue weighted by Crippen LogP contribution is 2.35. The molecule has 3 rings (SSSR count). The molecule has 2 nitrogen and oxygen atoms in total. The van der Waals surface area contributed by atoms with Crippen LogP contribution in [0.1, 0.15) is 43.0 Å². The highest BCUT2D eigenvalue weighted by atomic mass is 35.5. The van der Waals surface area contributed by atoms with E-state index in [9.17, 15) is 0 Å². The topological polar surface area (TPSA) is 17.8 Å². The largest absolute Gasteiger partial charge is 0.326 e. The average Bonchev–Trinajstić information content (AvgIpc) is 3.11. The number of aryl methyl sites for hydroxylation is 2. The van der Waals surface area contributed by atoms with Crippen molar-refractivity contribution in [3.8, 4) is 0 Å². The van der Waals surface area contributed by atoms with Gasteiger partial charge in [0.1, 0.15) is 5.82 Å². The van der Waals surface area contributed by atoms with Crippen molar-refractivity contribution in [3.05, 3.63) is 28.5 Å². The molecule has 1 atom stereocenters. The van der Waals surface area contributed by atoms with Crippen LogP contribution >= 0.6 is 23.2 Å². The molecule has 1 unspecified atom stereocenters. The quantitative estimate of drug-likeness (QED) is 0.718. The van der Waals surface area contributed by atoms with E-state index in [2.05, 4.69) is 16.5 Å². The molecule has 0 amide bonds. The van der Waals surface area contributed by atoms with Crippen LogP contribution in [0.3, 0.4) is 0 Å². The smallest absolute Gasteiger partial charge is 0.127 e. The summed E-state index contributed by atoms with van der Waals surface area (Å²) in [6.07, 6.45) is 3.96. The molecule has 0 aliphatic heterocycles. The normalized spacial score (nSPS) is 17.1. The molecule has 1 aliphatic rings. The molecule has 102 valence electrons. The van der Waals surface area contributed by atoms with Crippen molar-refractivity contribution in [1.82, 2.24) is 9.55 Å². The lowest BCUT2D eigenvalue weighted by Crippen LogP contribution is -2.06. The SMILES string of the molecule is Cc1c(Cl)ccc2nc(C(C)Cl)n(CCC3CC3)c12. The molecule has 1 aromatic heterocycles. The monoisotopic (exact) mass is 296 g/mol. The van der Waals surface area contributed by atoms with E-state index in [1.807, 2.05) is 19.1 Å². The summed E-state index contributed by atoms with van der Waals surface area (Å²) in [4.78, 5) is 4.68. The number of nitrogens with zero attached hydrogens (tertiary/aromatic N) is 2. The fraction of sp³-hybridized carbons (Fsp3) is 0.533. The van der Waals surface area contributed by atoms with E-state index in [0.29, 0.717) is 0 Å². The third kappa shape index (κ3) is 2.48. The fourth-order valence-electron chi connectivity index (χ4n) is 2.64. The second-order valence-electron chi connectivity index (χ2n) is 5.51. The van der Waals surface area contributed by atoms with Crippen LogP contribution in [0, 0.1) is 12.8 Å². The van der Waals surface area contributed by atoms with Gasteiger partial charge in [0.25, 0.3) is 0 Å². The Kier molecular flexibility index (Phi) is 3.48. The zero-order chi connectivity index (χ0) is 13.6. The molecule has 1 fully saturated rings. The van der Waals surface area contributed by atoms with E-state index in [1.54, 1.807) is 0 Å². The molecule has 0 saturated heterocycles. The Morgan fingerprint density at radius 3 is 2.79 bits per heavy atom. The van der Waals surface area contributed by atoms with Crippen molar-refractivity contribution < 1.29 is 0 Å². The van der Waals surface area contributed by atoms with Gasteiger partial charge in [0.2, 0.25) is 0 Å². The van der Waals surface area contributed by atoms with Gasteiger partial charge in [0, 0.05) is 11.6 Å². The van der Waals surface area contributed by atoms with Gasteiger partial charge >= 0.3 is 0 Å². The second kappa shape index (κ2) is 4.99. The molecular formula is C15H18Cl2N2. The molecule has 0 bridgehead atoms. The van der Waals surface area contributed by atoms with E-state index in [4.69, 9.17) is 23.2 Å². The third-order valence-corrected chi connectivity index (χ3v) is 4.54. The number of hydrogen-bond acceptors (Lipinski definition) is 1. The summed E-state index contributed by atoms with van der Waals surface area (Å²) in [7, 11) is 0. The van der Waals surface area contributed by atoms with E-state index < -0.39 is 0 Å². The van der Waals surface area contributed by atoms with Gasteiger partial charge in [-0.25, -0.2) is 4.98 Å². The second-order valence-corrected chi connectivity index (χ2v) is 6.57. The van der Waals surface area contributed by atoms with Crippen molar-refractivity contribution in [3.63, 3.8) is 0 Å². The molecule has 0 N–H and O–H groups in total. The molecule has 4 heteroatoms. The van der Waals surface area contributed by atoms with Crippen LogP contribution in [0.4, 0.5) is 0 Å². The van der Waals surface area contributed by atoms with Gasteiger partial charge in [-0.1, -0.05) is 24.4 Å². The summed E-state index contributed by atoms with van der Waals surface area (Å²) in [5.74, 6) is 1.86. The minimum Gasteiger partial charge on any atom is -0.326 e. The van der Waals surface area contributed by atoms with Crippen LogP contribution < -0.4 is 0 Å². The van der Waals surface area contributed by atoms with Crippen molar-refractivity contribution in [2.75, 3.05) is 0 Å². The lowest BCUT2D eigenvalue weighted by Gasteiger charge is -2.11. The number of halogens is 2. The van der Waals surface area contributed by atoms with E-state index in [1.165, 1.54) is 19.3 Å². The number of benzene rings is 1. The first-order chi connectivity index (χ1) is 9.08. The summed E-state index contributed by atoms with van der Waals surface area (Å²) in [6.45, 7) is 5.03. The maximum atomic E-state index is 6.29. The van der Waals surface area contributed by atoms with Crippen molar-refractivity contribution in [2.24, 2.45) is 5.92 Å². The number of hydrogen-bond donors (Lipinski definition) is 0. The molecule has 0 radical (unpaired) electrons. The van der Waals surface area contributed by atoms with Crippen molar-refractivity contribution in [1.29, 1.82) is 0 Å². The highest BCUT2D eigenvalue weighted by Gasteiger charge is 2.23. The highest BCUT2D eigenvalue weighted by molar-refractivity contribution is 6.32. The minimum absolute atomic E-state index is 0.0789. The number of fused-ring (bicyclic) bond motifs is 1. The van der Waals surface area contributed by atoms with Gasteiger partial charge < -0.3 is 4.57 Å². The standard InChI is InChI=1S/C15H18Cl2N2/c1-9-12(17)5-6-13-14(9)19(8-7-11-3-4-11)15(18-13)10(2)16/h5-6,10-11H,3-4,7-8H2,1-2H3. The Labute approximate surface area is 123 Å². The zero-order valence-corrected chi connectivity index (χ0v) is 12.8. The predicted octanol–water partition coefficient (Wildman–Crippen LogP) is 5.10. The summed E-state index contributed by atoms with van der Waals surface area (Å²) in [6, 6.07) is 3.90. The lowest BCUT2D eigenvalue weighted by atomic mass is 10.2. The first-order valence-corrected chi connectivity index (χ1v) is 7.68. The van der Waals surface area contributed by atoms with Gasteiger partial charge in [0.05, 0.1) is 16.4 Å². The Morgan fingerprint density at radius 2 is 2.16 bits per heavy atom. The van der Waals surface area contributed by atoms with Crippen LogP contribution in [-0.4, -0.2) is 9.55 Å². The summed E-state index contributed by atoms with van der Waals surface area (Å²) < 4.78 is 2.27. The van der Waals surface area contributed by atoms with Crippen LogP contribution in [0.15, 0.2) is 12.1 Å². The van der Waals surface area contributed by atoms with E-state index in [0.717, 1.165) is 39.9 Å².